The van der Waals surface area contributed by atoms with Crippen LogP contribution >= 0.6 is 0 Å². The number of carbonyl (C=O) groups excluding carboxylic acids is 1. The lowest BCUT2D eigenvalue weighted by atomic mass is 9.44. The van der Waals surface area contributed by atoms with Crippen molar-refractivity contribution in [2.45, 2.75) is 104 Å². The molecule has 0 aromatic heterocycles. The molecule has 183 valence electrons. The third kappa shape index (κ3) is 4.66. The molecule has 4 saturated carbocycles. The number of nitrogens with one attached hydrogen (secondary N) is 1. The van der Waals surface area contributed by atoms with E-state index in [2.05, 4.69) is 45.1 Å². The molecule has 4 unspecified atom stereocenters. The van der Waals surface area contributed by atoms with Gasteiger partial charge in [0.1, 0.15) is 20.6 Å². The van der Waals surface area contributed by atoms with Crippen molar-refractivity contribution >= 4 is 5.91 Å². The van der Waals surface area contributed by atoms with Gasteiger partial charge in [0.15, 0.2) is 0 Å². The highest BCUT2D eigenvalue weighted by Gasteiger charge is 2.60. The zero-order valence-corrected chi connectivity index (χ0v) is 21.9. The molecule has 4 fully saturated rings. The Labute approximate surface area is 198 Å². The molecule has 4 aliphatic carbocycles. The number of amides is 1. The predicted octanol–water partition coefficient (Wildman–Crippen LogP) is 6.36. The fraction of sp³-hybridized carbons (Fsp3) is 0.966. The van der Waals surface area contributed by atoms with Crippen LogP contribution in [-0.2, 0) is 4.79 Å². The van der Waals surface area contributed by atoms with Crippen LogP contribution in [0.3, 0.4) is 0 Å². The molecule has 0 bridgehead atoms. The van der Waals surface area contributed by atoms with Crippen molar-refractivity contribution in [3.63, 3.8) is 0 Å². The second-order valence-corrected chi connectivity index (χ2v) is 13.2. The zero-order chi connectivity index (χ0) is 22.9. The van der Waals surface area contributed by atoms with Gasteiger partial charge in [0, 0.05) is 19.4 Å². The summed E-state index contributed by atoms with van der Waals surface area (Å²) in [7, 11) is 4.18. The van der Waals surface area contributed by atoms with Crippen molar-refractivity contribution in [2.75, 3.05) is 27.2 Å². The van der Waals surface area contributed by atoms with Gasteiger partial charge >= 0.3 is 0 Å². The number of carbonyl (C=O) groups is 1. The van der Waals surface area contributed by atoms with Gasteiger partial charge in [-0.15, -0.1) is 0 Å². The SMILES string of the molecule is C[C@H](CCC(=O)NCCC[N+](C)C)[C@H]1CCC2C3CCC4CCCC[C@]4(C)C3CC[C@@]21C. The van der Waals surface area contributed by atoms with E-state index in [-0.39, 0.29) is 5.91 Å². The van der Waals surface area contributed by atoms with E-state index in [1.807, 2.05) is 0 Å². The Morgan fingerprint density at radius 2 is 1.75 bits per heavy atom. The van der Waals surface area contributed by atoms with Crippen LogP contribution in [0.1, 0.15) is 104 Å². The average Bonchev–Trinajstić information content (AvgIpc) is 3.12. The summed E-state index contributed by atoms with van der Waals surface area (Å²) in [5.74, 6) is 5.74. The molecular formula is C29H52N2O+. The molecule has 8 atom stereocenters. The molecule has 1 radical (unpaired) electrons. The van der Waals surface area contributed by atoms with Crippen molar-refractivity contribution in [1.29, 1.82) is 0 Å². The van der Waals surface area contributed by atoms with Gasteiger partial charge in [-0.25, -0.2) is 0 Å². The molecule has 0 aliphatic heterocycles. The fourth-order valence-corrected chi connectivity index (χ4v) is 9.54. The number of nitrogens with zero attached hydrogens (tertiary/aromatic N) is 1. The lowest BCUT2D eigenvalue weighted by Crippen LogP contribution is -2.53. The van der Waals surface area contributed by atoms with Crippen molar-refractivity contribution in [3.05, 3.63) is 0 Å². The van der Waals surface area contributed by atoms with E-state index in [0.29, 0.717) is 23.2 Å². The van der Waals surface area contributed by atoms with Gasteiger partial charge < -0.3 is 5.32 Å². The quantitative estimate of drug-likeness (QED) is 0.343. The van der Waals surface area contributed by atoms with Crippen molar-refractivity contribution in [2.24, 2.45) is 46.3 Å². The Balaban J connectivity index is 1.32. The van der Waals surface area contributed by atoms with Crippen molar-refractivity contribution in [3.8, 4) is 0 Å². The highest BCUT2D eigenvalue weighted by Crippen LogP contribution is 2.68. The first-order valence-electron chi connectivity index (χ1n) is 14.2. The average molecular weight is 445 g/mol. The molecular weight excluding hydrogens is 392 g/mol. The Morgan fingerprint density at radius 3 is 2.53 bits per heavy atom. The largest absolute Gasteiger partial charge is 0.356 e. The standard InChI is InChI=1S/C29H52N2O/c1-21(10-15-27(32)30-19-8-20-31(4)5)24-13-14-25-23-12-11-22-9-6-7-17-28(22,2)26(23)16-18-29(24,25)3/h21-26H,6-20H2,1-5H3,(H,30,32)/q+1/t21-,22?,23?,24-,25?,26?,28+,29-/m1/s1. The van der Waals surface area contributed by atoms with E-state index in [0.717, 1.165) is 55.5 Å². The summed E-state index contributed by atoms with van der Waals surface area (Å²) in [4.78, 5) is 14.6. The Morgan fingerprint density at radius 1 is 0.969 bits per heavy atom. The zero-order valence-electron chi connectivity index (χ0n) is 21.9. The third-order valence-corrected chi connectivity index (χ3v) is 11.3. The van der Waals surface area contributed by atoms with Gasteiger partial charge in [0.25, 0.3) is 0 Å². The molecule has 0 heterocycles. The van der Waals surface area contributed by atoms with Crippen LogP contribution < -0.4 is 10.2 Å². The smallest absolute Gasteiger partial charge is 0.220 e. The van der Waals surface area contributed by atoms with Gasteiger partial charge in [0.05, 0.1) is 0 Å². The molecule has 1 N–H and O–H groups in total. The van der Waals surface area contributed by atoms with E-state index in [4.69, 9.17) is 0 Å². The summed E-state index contributed by atoms with van der Waals surface area (Å²) >= 11 is 0. The third-order valence-electron chi connectivity index (χ3n) is 11.3. The van der Waals surface area contributed by atoms with Gasteiger partial charge in [0.2, 0.25) is 5.91 Å². The summed E-state index contributed by atoms with van der Waals surface area (Å²) in [6.07, 6.45) is 17.7. The van der Waals surface area contributed by atoms with Crippen LogP contribution in [0.15, 0.2) is 0 Å². The van der Waals surface area contributed by atoms with Crippen LogP contribution in [0.25, 0.3) is 0 Å². The van der Waals surface area contributed by atoms with Gasteiger partial charge in [-0.2, -0.15) is 4.90 Å². The summed E-state index contributed by atoms with van der Waals surface area (Å²) in [5.41, 5.74) is 1.18. The maximum Gasteiger partial charge on any atom is 0.220 e. The molecule has 0 saturated heterocycles. The monoisotopic (exact) mass is 444 g/mol. The second-order valence-electron chi connectivity index (χ2n) is 13.2. The minimum atomic E-state index is 0.266. The van der Waals surface area contributed by atoms with Crippen LogP contribution in [-0.4, -0.2) is 33.1 Å². The van der Waals surface area contributed by atoms with Crippen LogP contribution in [0.2, 0.25) is 0 Å². The normalized spacial score (nSPS) is 42.1. The minimum absolute atomic E-state index is 0.266. The summed E-state index contributed by atoms with van der Waals surface area (Å²) in [6, 6.07) is 0. The highest BCUT2D eigenvalue weighted by molar-refractivity contribution is 5.75. The Kier molecular flexibility index (Phi) is 7.64. The lowest BCUT2D eigenvalue weighted by molar-refractivity contribution is -0.122. The van der Waals surface area contributed by atoms with E-state index in [1.54, 1.807) is 0 Å². The lowest BCUT2D eigenvalue weighted by Gasteiger charge is -2.61. The predicted molar refractivity (Wildman–Crippen MR) is 135 cm³/mol. The fourth-order valence-electron chi connectivity index (χ4n) is 9.54. The number of fused-ring (bicyclic) bond motifs is 5. The van der Waals surface area contributed by atoms with E-state index in [1.165, 1.54) is 64.2 Å². The summed E-state index contributed by atoms with van der Waals surface area (Å²) in [6.45, 7) is 9.68. The van der Waals surface area contributed by atoms with E-state index < -0.39 is 0 Å². The number of hydrogen-bond acceptors (Lipinski definition) is 2. The summed E-state index contributed by atoms with van der Waals surface area (Å²) in [5, 5.41) is 3.15. The van der Waals surface area contributed by atoms with Crippen molar-refractivity contribution in [1.82, 2.24) is 10.2 Å². The first kappa shape index (κ1) is 24.6. The maximum atomic E-state index is 12.4. The second kappa shape index (κ2) is 9.96. The van der Waals surface area contributed by atoms with Crippen LogP contribution in [0, 0.1) is 46.3 Å². The topological polar surface area (TPSA) is 35.0 Å². The molecule has 3 nitrogen and oxygen atoms in total. The Bertz CT molecular complexity index is 647. The van der Waals surface area contributed by atoms with Crippen LogP contribution in [0.4, 0.5) is 0 Å². The number of hydrogen-bond donors (Lipinski definition) is 1. The molecule has 1 amide bonds. The van der Waals surface area contributed by atoms with Crippen LogP contribution in [0.5, 0.6) is 0 Å². The molecule has 4 rings (SSSR count). The van der Waals surface area contributed by atoms with E-state index in [9.17, 15) is 4.79 Å². The van der Waals surface area contributed by atoms with E-state index >= 15 is 0 Å². The molecule has 0 spiro atoms. The highest BCUT2D eigenvalue weighted by atomic mass is 16.1. The van der Waals surface area contributed by atoms with Gasteiger partial charge in [-0.1, -0.05) is 33.6 Å². The Hall–Kier alpha value is -0.570. The molecule has 32 heavy (non-hydrogen) atoms. The first-order chi connectivity index (χ1) is 15.3. The molecule has 4 aliphatic rings. The maximum absolute atomic E-state index is 12.4. The molecule has 0 aromatic carbocycles. The minimum Gasteiger partial charge on any atom is -0.356 e. The van der Waals surface area contributed by atoms with Gasteiger partial charge in [-0.3, -0.25) is 4.79 Å². The summed E-state index contributed by atoms with van der Waals surface area (Å²) < 4.78 is 0. The molecule has 0 aromatic rings. The molecule has 3 heteroatoms. The first-order valence-corrected chi connectivity index (χ1v) is 14.2. The van der Waals surface area contributed by atoms with Crippen molar-refractivity contribution < 1.29 is 4.79 Å². The van der Waals surface area contributed by atoms with Gasteiger partial charge in [-0.05, 0) is 104 Å². The number of rotatable bonds is 8.